The van der Waals surface area contributed by atoms with Gasteiger partial charge in [0.25, 0.3) is 0 Å². The summed E-state index contributed by atoms with van der Waals surface area (Å²) in [7, 11) is 2.05. The van der Waals surface area contributed by atoms with Crippen molar-refractivity contribution in [3.8, 4) is 0 Å². The van der Waals surface area contributed by atoms with Crippen LogP contribution in [-0.2, 0) is 6.54 Å². The van der Waals surface area contributed by atoms with E-state index in [2.05, 4.69) is 11.9 Å². The zero-order chi connectivity index (χ0) is 9.68. The Morgan fingerprint density at radius 1 is 1.31 bits per heavy atom. The minimum Gasteiger partial charge on any atom is -0.399 e. The van der Waals surface area contributed by atoms with E-state index in [1.54, 1.807) is 0 Å². The van der Waals surface area contributed by atoms with E-state index >= 15 is 0 Å². The molecule has 1 aromatic carbocycles. The van der Waals surface area contributed by atoms with Crippen LogP contribution in [0, 0.1) is 0 Å². The summed E-state index contributed by atoms with van der Waals surface area (Å²) >= 11 is 5.63. The van der Waals surface area contributed by atoms with Crippen LogP contribution in [0.1, 0.15) is 5.56 Å². The van der Waals surface area contributed by atoms with E-state index in [1.165, 1.54) is 5.56 Å². The second-order valence-corrected chi connectivity index (χ2v) is 3.55. The summed E-state index contributed by atoms with van der Waals surface area (Å²) < 4.78 is 0. The number of hydrogen-bond donors (Lipinski definition) is 1. The van der Waals surface area contributed by atoms with Crippen LogP contribution >= 0.6 is 11.6 Å². The third kappa shape index (κ3) is 3.66. The fourth-order valence-electron chi connectivity index (χ4n) is 1.16. The molecule has 0 aliphatic carbocycles. The van der Waals surface area contributed by atoms with E-state index in [-0.39, 0.29) is 0 Å². The van der Waals surface area contributed by atoms with Gasteiger partial charge in [-0.2, -0.15) is 0 Å². The summed E-state index contributed by atoms with van der Waals surface area (Å²) in [4.78, 5) is 2.18. The molecular weight excluding hydrogens is 184 g/mol. The lowest BCUT2D eigenvalue weighted by molar-refractivity contribution is 0.348. The number of alkyl halides is 1. The maximum atomic E-state index is 5.63. The zero-order valence-corrected chi connectivity index (χ0v) is 8.59. The number of rotatable bonds is 4. The van der Waals surface area contributed by atoms with Crippen molar-refractivity contribution < 1.29 is 0 Å². The van der Waals surface area contributed by atoms with Gasteiger partial charge < -0.3 is 10.6 Å². The third-order valence-electron chi connectivity index (χ3n) is 1.90. The van der Waals surface area contributed by atoms with Gasteiger partial charge in [0.05, 0.1) is 0 Å². The first-order chi connectivity index (χ1) is 6.22. The molecule has 0 saturated heterocycles. The van der Waals surface area contributed by atoms with Crippen molar-refractivity contribution in [1.29, 1.82) is 0 Å². The fraction of sp³-hybridized carbons (Fsp3) is 0.400. The Bertz CT molecular complexity index is 246. The van der Waals surface area contributed by atoms with E-state index < -0.39 is 0 Å². The maximum absolute atomic E-state index is 5.63. The van der Waals surface area contributed by atoms with Crippen LogP contribution in [0.25, 0.3) is 0 Å². The Morgan fingerprint density at radius 3 is 2.46 bits per heavy atom. The van der Waals surface area contributed by atoms with Gasteiger partial charge in [-0.3, -0.25) is 0 Å². The standard InChI is InChI=1S/C10H15ClN2/c1-13(7-6-11)8-9-2-4-10(12)5-3-9/h2-5H,6-8,12H2,1H3. The van der Waals surface area contributed by atoms with Crippen LogP contribution in [0.4, 0.5) is 5.69 Å². The predicted octanol–water partition coefficient (Wildman–Crippen LogP) is 1.94. The highest BCUT2D eigenvalue weighted by Crippen LogP contribution is 2.07. The van der Waals surface area contributed by atoms with Crippen molar-refractivity contribution in [1.82, 2.24) is 4.90 Å². The van der Waals surface area contributed by atoms with Crippen molar-refractivity contribution in [2.45, 2.75) is 6.54 Å². The highest BCUT2D eigenvalue weighted by molar-refractivity contribution is 6.18. The summed E-state index contributed by atoms with van der Waals surface area (Å²) in [6.07, 6.45) is 0. The molecule has 0 aliphatic heterocycles. The normalized spacial score (nSPS) is 10.7. The van der Waals surface area contributed by atoms with Gasteiger partial charge in [-0.15, -0.1) is 11.6 Å². The smallest absolute Gasteiger partial charge is 0.0351 e. The van der Waals surface area contributed by atoms with Gasteiger partial charge in [0.1, 0.15) is 0 Å². The molecule has 0 saturated carbocycles. The molecule has 0 fully saturated rings. The van der Waals surface area contributed by atoms with Gasteiger partial charge in [-0.05, 0) is 24.7 Å². The van der Waals surface area contributed by atoms with Gasteiger partial charge in [0, 0.05) is 24.7 Å². The van der Waals surface area contributed by atoms with Crippen LogP contribution < -0.4 is 5.73 Å². The van der Waals surface area contributed by atoms with E-state index in [9.17, 15) is 0 Å². The first kappa shape index (κ1) is 10.4. The SMILES string of the molecule is CN(CCCl)Cc1ccc(N)cc1. The molecule has 0 spiro atoms. The van der Waals surface area contributed by atoms with Crippen molar-refractivity contribution in [3.63, 3.8) is 0 Å². The van der Waals surface area contributed by atoms with Gasteiger partial charge in [0.15, 0.2) is 0 Å². The maximum Gasteiger partial charge on any atom is 0.0351 e. The number of anilines is 1. The van der Waals surface area contributed by atoms with Gasteiger partial charge in [-0.1, -0.05) is 12.1 Å². The molecule has 0 unspecified atom stereocenters. The fourth-order valence-corrected chi connectivity index (χ4v) is 1.45. The number of nitrogens with zero attached hydrogens (tertiary/aromatic N) is 1. The van der Waals surface area contributed by atoms with Crippen molar-refractivity contribution in [2.75, 3.05) is 25.2 Å². The van der Waals surface area contributed by atoms with Gasteiger partial charge in [-0.25, -0.2) is 0 Å². The minimum absolute atomic E-state index is 0.672. The van der Waals surface area contributed by atoms with E-state index in [4.69, 9.17) is 17.3 Å². The van der Waals surface area contributed by atoms with Gasteiger partial charge >= 0.3 is 0 Å². The Hall–Kier alpha value is -0.730. The molecule has 0 atom stereocenters. The van der Waals surface area contributed by atoms with Crippen LogP contribution in [-0.4, -0.2) is 24.4 Å². The third-order valence-corrected chi connectivity index (χ3v) is 2.07. The predicted molar refractivity (Wildman–Crippen MR) is 57.9 cm³/mol. The molecular formula is C10H15ClN2. The second-order valence-electron chi connectivity index (χ2n) is 3.17. The van der Waals surface area contributed by atoms with E-state index in [1.807, 2.05) is 24.3 Å². The van der Waals surface area contributed by atoms with Crippen LogP contribution in [0.3, 0.4) is 0 Å². The molecule has 72 valence electrons. The number of nitrogen functional groups attached to an aromatic ring is 1. The van der Waals surface area contributed by atoms with Crippen molar-refractivity contribution in [2.24, 2.45) is 0 Å². The Balaban J connectivity index is 2.49. The second kappa shape index (κ2) is 5.10. The summed E-state index contributed by atoms with van der Waals surface area (Å²) in [5.74, 6) is 0.672. The van der Waals surface area contributed by atoms with E-state index in [0.717, 1.165) is 18.8 Å². The van der Waals surface area contributed by atoms with Crippen LogP contribution in [0.15, 0.2) is 24.3 Å². The lowest BCUT2D eigenvalue weighted by atomic mass is 10.2. The molecule has 1 aromatic rings. The van der Waals surface area contributed by atoms with Gasteiger partial charge in [0.2, 0.25) is 0 Å². The molecule has 1 rings (SSSR count). The number of nitrogens with two attached hydrogens (primary N) is 1. The highest BCUT2D eigenvalue weighted by atomic mass is 35.5. The monoisotopic (exact) mass is 198 g/mol. The molecule has 0 amide bonds. The van der Waals surface area contributed by atoms with Crippen LogP contribution in [0.5, 0.6) is 0 Å². The lowest BCUT2D eigenvalue weighted by Gasteiger charge is -2.14. The molecule has 13 heavy (non-hydrogen) atoms. The summed E-state index contributed by atoms with van der Waals surface area (Å²) in [5, 5.41) is 0. The molecule has 0 bridgehead atoms. The molecule has 2 N–H and O–H groups in total. The quantitative estimate of drug-likeness (QED) is 0.592. The average Bonchev–Trinajstić information content (AvgIpc) is 2.09. The Morgan fingerprint density at radius 2 is 1.92 bits per heavy atom. The zero-order valence-electron chi connectivity index (χ0n) is 7.83. The topological polar surface area (TPSA) is 29.3 Å². The molecule has 0 aliphatic rings. The first-order valence-electron chi connectivity index (χ1n) is 4.31. The Labute approximate surface area is 84.3 Å². The number of halogens is 1. The van der Waals surface area contributed by atoms with Crippen molar-refractivity contribution in [3.05, 3.63) is 29.8 Å². The summed E-state index contributed by atoms with van der Waals surface area (Å²) in [5.41, 5.74) is 7.66. The Kier molecular flexibility index (Phi) is 4.06. The molecule has 0 radical (unpaired) electrons. The summed E-state index contributed by atoms with van der Waals surface area (Å²) in [6.45, 7) is 1.83. The minimum atomic E-state index is 0.672. The average molecular weight is 199 g/mol. The molecule has 2 nitrogen and oxygen atoms in total. The first-order valence-corrected chi connectivity index (χ1v) is 4.85. The summed E-state index contributed by atoms with van der Waals surface area (Å²) in [6, 6.07) is 7.92. The highest BCUT2D eigenvalue weighted by Gasteiger charge is 1.98. The van der Waals surface area contributed by atoms with Crippen molar-refractivity contribution >= 4 is 17.3 Å². The van der Waals surface area contributed by atoms with Crippen LogP contribution in [0.2, 0.25) is 0 Å². The number of benzene rings is 1. The molecule has 0 aromatic heterocycles. The molecule has 3 heteroatoms. The van der Waals surface area contributed by atoms with E-state index in [0.29, 0.717) is 5.88 Å². The molecule has 0 heterocycles. The number of hydrogen-bond acceptors (Lipinski definition) is 2. The lowest BCUT2D eigenvalue weighted by Crippen LogP contribution is -2.19. The largest absolute Gasteiger partial charge is 0.399 e.